The highest BCUT2D eigenvalue weighted by atomic mass is 16.3. The van der Waals surface area contributed by atoms with E-state index in [2.05, 4.69) is 70.2 Å². The van der Waals surface area contributed by atoms with E-state index < -0.39 is 0 Å². The van der Waals surface area contributed by atoms with Gasteiger partial charge in [-0.25, -0.2) is 0 Å². The third kappa shape index (κ3) is 10.3. The minimum absolute atomic E-state index is 0.222. The van der Waals surface area contributed by atoms with Gasteiger partial charge >= 0.3 is 0 Å². The lowest BCUT2D eigenvalue weighted by Gasteiger charge is -2.32. The summed E-state index contributed by atoms with van der Waals surface area (Å²) in [6, 6.07) is 17.0. The predicted molar refractivity (Wildman–Crippen MR) is 159 cm³/mol. The topological polar surface area (TPSA) is 20.2 Å². The van der Waals surface area contributed by atoms with Crippen molar-refractivity contribution >= 4 is 0 Å². The number of aromatic hydroxyl groups is 1. The van der Waals surface area contributed by atoms with Crippen molar-refractivity contribution < 1.29 is 5.11 Å². The van der Waals surface area contributed by atoms with E-state index in [9.17, 15) is 5.11 Å². The van der Waals surface area contributed by atoms with Gasteiger partial charge in [0.15, 0.2) is 0 Å². The summed E-state index contributed by atoms with van der Waals surface area (Å²) in [6.45, 7) is 9.14. The second kappa shape index (κ2) is 17.7. The van der Waals surface area contributed by atoms with E-state index in [-0.39, 0.29) is 5.41 Å². The van der Waals surface area contributed by atoms with E-state index in [0.717, 1.165) is 5.56 Å². The molecule has 0 spiro atoms. The van der Waals surface area contributed by atoms with Gasteiger partial charge in [-0.2, -0.15) is 0 Å². The molecule has 1 nitrogen and oxygen atoms in total. The first-order chi connectivity index (χ1) is 17.5. The van der Waals surface area contributed by atoms with Gasteiger partial charge in [-0.15, -0.1) is 0 Å². The van der Waals surface area contributed by atoms with Gasteiger partial charge in [-0.3, -0.25) is 0 Å². The van der Waals surface area contributed by atoms with Gasteiger partial charge in [0.2, 0.25) is 0 Å². The molecule has 0 heterocycles. The Hall–Kier alpha value is -1.76. The molecule has 36 heavy (non-hydrogen) atoms. The Bertz CT molecular complexity index is 807. The molecule has 1 N–H and O–H groups in total. The Morgan fingerprint density at radius 1 is 0.583 bits per heavy atom. The standard InChI is InChI=1S/C35H56O/c1-5-7-9-11-13-14-15-17-20-25-30(24-19-16-12-10-8-6-2)32-28-23-29-33(36)34(32)35(3,4)31-26-21-18-22-27-31/h18,21-23,26-30,36H,5-17,19-20,24-25H2,1-4H3. The molecule has 2 aromatic rings. The van der Waals surface area contributed by atoms with Crippen molar-refractivity contribution in [2.75, 3.05) is 0 Å². The van der Waals surface area contributed by atoms with Crippen LogP contribution >= 0.6 is 0 Å². The zero-order valence-electron chi connectivity index (χ0n) is 24.2. The average molecular weight is 493 g/mol. The zero-order valence-corrected chi connectivity index (χ0v) is 24.2. The number of unbranched alkanes of at least 4 members (excludes halogenated alkanes) is 13. The average Bonchev–Trinajstić information content (AvgIpc) is 2.88. The molecule has 0 aromatic heterocycles. The third-order valence-electron chi connectivity index (χ3n) is 8.20. The van der Waals surface area contributed by atoms with Crippen LogP contribution in [0, 0.1) is 0 Å². The molecule has 0 saturated heterocycles. The van der Waals surface area contributed by atoms with Crippen LogP contribution < -0.4 is 0 Å². The first-order valence-electron chi connectivity index (χ1n) is 15.4. The molecule has 1 atom stereocenters. The number of rotatable bonds is 20. The van der Waals surface area contributed by atoms with Crippen LogP contribution in [-0.2, 0) is 5.41 Å². The Balaban J connectivity index is 2.09. The number of hydrogen-bond acceptors (Lipinski definition) is 1. The number of benzene rings is 2. The molecule has 0 saturated carbocycles. The van der Waals surface area contributed by atoms with Crippen LogP contribution in [0.1, 0.15) is 159 Å². The fourth-order valence-corrected chi connectivity index (χ4v) is 5.91. The number of phenolic OH excluding ortho intramolecular Hbond substituents is 1. The van der Waals surface area contributed by atoms with Gasteiger partial charge in [-0.05, 0) is 36.0 Å². The van der Waals surface area contributed by atoms with Gasteiger partial charge < -0.3 is 5.11 Å². The van der Waals surface area contributed by atoms with Gasteiger partial charge in [0.1, 0.15) is 5.75 Å². The van der Waals surface area contributed by atoms with Gasteiger partial charge in [-0.1, -0.05) is 166 Å². The highest BCUT2D eigenvalue weighted by Gasteiger charge is 2.31. The summed E-state index contributed by atoms with van der Waals surface area (Å²) in [5, 5.41) is 11.1. The fraction of sp³-hybridized carbons (Fsp3) is 0.657. The maximum atomic E-state index is 11.1. The highest BCUT2D eigenvalue weighted by Crippen LogP contribution is 2.43. The van der Waals surface area contributed by atoms with Crippen molar-refractivity contribution in [3.05, 3.63) is 65.2 Å². The SMILES string of the molecule is CCCCCCCCCCCC(CCCCCCCC)c1cccc(O)c1C(C)(C)c1ccccc1. The molecule has 2 aromatic carbocycles. The van der Waals surface area contributed by atoms with Crippen LogP contribution in [0.3, 0.4) is 0 Å². The van der Waals surface area contributed by atoms with Crippen LogP contribution in [0.15, 0.2) is 48.5 Å². The smallest absolute Gasteiger partial charge is 0.119 e. The lowest BCUT2D eigenvalue weighted by molar-refractivity contribution is 0.439. The zero-order chi connectivity index (χ0) is 26.1. The molecule has 2 rings (SSSR count). The minimum Gasteiger partial charge on any atom is -0.508 e. The van der Waals surface area contributed by atoms with E-state index in [1.54, 1.807) is 0 Å². The summed E-state index contributed by atoms with van der Waals surface area (Å²) in [6.07, 6.45) is 22.9. The van der Waals surface area contributed by atoms with E-state index in [1.807, 2.05) is 6.07 Å². The van der Waals surface area contributed by atoms with Gasteiger partial charge in [0, 0.05) is 11.0 Å². The minimum atomic E-state index is -0.222. The van der Waals surface area contributed by atoms with Crippen molar-refractivity contribution in [1.82, 2.24) is 0 Å². The molecular weight excluding hydrogens is 436 g/mol. The van der Waals surface area contributed by atoms with E-state index >= 15 is 0 Å². The summed E-state index contributed by atoms with van der Waals surface area (Å²) in [7, 11) is 0. The van der Waals surface area contributed by atoms with E-state index in [0.29, 0.717) is 11.7 Å². The molecule has 1 unspecified atom stereocenters. The summed E-state index contributed by atoms with van der Waals surface area (Å²) < 4.78 is 0. The van der Waals surface area contributed by atoms with Crippen LogP contribution in [0.2, 0.25) is 0 Å². The Morgan fingerprint density at radius 3 is 1.56 bits per heavy atom. The van der Waals surface area contributed by atoms with Crippen molar-refractivity contribution in [2.24, 2.45) is 0 Å². The molecule has 0 radical (unpaired) electrons. The normalized spacial score (nSPS) is 12.7. The maximum absolute atomic E-state index is 11.1. The van der Waals surface area contributed by atoms with Crippen LogP contribution in [0.4, 0.5) is 0 Å². The molecular formula is C35H56O. The van der Waals surface area contributed by atoms with Crippen molar-refractivity contribution in [3.63, 3.8) is 0 Å². The number of hydrogen-bond donors (Lipinski definition) is 1. The first kappa shape index (κ1) is 30.5. The molecule has 0 bridgehead atoms. The molecule has 0 aliphatic carbocycles. The monoisotopic (exact) mass is 492 g/mol. The Labute approximate surface area is 224 Å². The molecule has 0 fully saturated rings. The lowest BCUT2D eigenvalue weighted by Crippen LogP contribution is -2.22. The maximum Gasteiger partial charge on any atom is 0.119 e. The molecule has 0 aliphatic rings. The fourth-order valence-electron chi connectivity index (χ4n) is 5.91. The van der Waals surface area contributed by atoms with E-state index in [1.165, 1.54) is 120 Å². The van der Waals surface area contributed by atoms with Crippen LogP contribution in [0.25, 0.3) is 0 Å². The lowest BCUT2D eigenvalue weighted by atomic mass is 9.72. The Morgan fingerprint density at radius 2 is 1.06 bits per heavy atom. The van der Waals surface area contributed by atoms with Crippen LogP contribution in [-0.4, -0.2) is 5.11 Å². The first-order valence-corrected chi connectivity index (χ1v) is 15.4. The molecule has 0 amide bonds. The third-order valence-corrected chi connectivity index (χ3v) is 8.20. The van der Waals surface area contributed by atoms with Crippen LogP contribution in [0.5, 0.6) is 5.75 Å². The van der Waals surface area contributed by atoms with Crippen molar-refractivity contribution in [2.45, 2.75) is 148 Å². The second-order valence-corrected chi connectivity index (χ2v) is 11.6. The predicted octanol–water partition coefficient (Wildman–Crippen LogP) is 11.5. The van der Waals surface area contributed by atoms with E-state index in [4.69, 9.17) is 0 Å². The summed E-state index contributed by atoms with van der Waals surface area (Å²) >= 11 is 0. The van der Waals surface area contributed by atoms with Crippen molar-refractivity contribution in [1.29, 1.82) is 0 Å². The van der Waals surface area contributed by atoms with Crippen molar-refractivity contribution in [3.8, 4) is 5.75 Å². The summed E-state index contributed by atoms with van der Waals surface area (Å²) in [5.74, 6) is 0.993. The summed E-state index contributed by atoms with van der Waals surface area (Å²) in [5.41, 5.74) is 3.58. The second-order valence-electron chi connectivity index (χ2n) is 11.6. The Kier molecular flexibility index (Phi) is 14.9. The highest BCUT2D eigenvalue weighted by molar-refractivity contribution is 5.51. The summed E-state index contributed by atoms with van der Waals surface area (Å²) in [4.78, 5) is 0. The van der Waals surface area contributed by atoms with Gasteiger partial charge in [0.05, 0.1) is 0 Å². The molecule has 202 valence electrons. The van der Waals surface area contributed by atoms with Gasteiger partial charge in [0.25, 0.3) is 0 Å². The molecule has 0 aliphatic heterocycles. The largest absolute Gasteiger partial charge is 0.508 e. The molecule has 1 heteroatoms. The number of phenols is 1. The quantitative estimate of drug-likeness (QED) is 0.182.